The monoisotopic (exact) mass is 350 g/mol. The highest BCUT2D eigenvalue weighted by molar-refractivity contribution is 7.94. The normalized spacial score (nSPS) is 10.8. The van der Waals surface area contributed by atoms with Gasteiger partial charge in [0.15, 0.2) is 0 Å². The van der Waals surface area contributed by atoms with Crippen LogP contribution in [0.2, 0.25) is 0 Å². The molecular weight excluding hydrogens is 336 g/mol. The summed E-state index contributed by atoms with van der Waals surface area (Å²) in [7, 11) is -3.85. The Morgan fingerprint density at radius 2 is 1.74 bits per heavy atom. The van der Waals surface area contributed by atoms with E-state index in [1.54, 1.807) is 42.5 Å². The summed E-state index contributed by atoms with van der Waals surface area (Å²) >= 11 is 5.97. The highest BCUT2D eigenvalue weighted by Crippen LogP contribution is 2.25. The number of hydrogen-bond acceptors (Lipinski definition) is 3. The van der Waals surface area contributed by atoms with Gasteiger partial charge >= 0.3 is 0 Å². The third-order valence-electron chi connectivity index (χ3n) is 3.04. The van der Waals surface area contributed by atoms with Crippen molar-refractivity contribution in [2.75, 3.05) is 3.82 Å². The Kier molecular flexibility index (Phi) is 5.41. The molecule has 1 amide bonds. The van der Waals surface area contributed by atoms with Crippen LogP contribution in [0.3, 0.4) is 0 Å². The van der Waals surface area contributed by atoms with Crippen molar-refractivity contribution in [2.45, 2.75) is 11.4 Å². The molecule has 0 aromatic heterocycles. The molecule has 23 heavy (non-hydrogen) atoms. The number of halogens is 1. The molecular formula is C16H15ClN2O3S. The quantitative estimate of drug-likeness (QED) is 0.643. The van der Waals surface area contributed by atoms with Gasteiger partial charge in [-0.25, -0.2) is 0 Å². The van der Waals surface area contributed by atoms with Gasteiger partial charge in [-0.15, -0.1) is 0 Å². The van der Waals surface area contributed by atoms with Gasteiger partial charge in [-0.2, -0.15) is 12.2 Å². The first-order valence-corrected chi connectivity index (χ1v) is 8.48. The SMILES string of the molecule is C=CC(=O)NCc1ccc(S(=O)(=O)N(Cl)c2ccccc2)cc1. The van der Waals surface area contributed by atoms with Crippen molar-refractivity contribution >= 4 is 33.4 Å². The highest BCUT2D eigenvalue weighted by atomic mass is 35.5. The van der Waals surface area contributed by atoms with Gasteiger partial charge < -0.3 is 5.32 Å². The van der Waals surface area contributed by atoms with E-state index in [1.807, 2.05) is 0 Å². The van der Waals surface area contributed by atoms with Crippen molar-refractivity contribution < 1.29 is 13.2 Å². The van der Waals surface area contributed by atoms with Crippen LogP contribution in [0.4, 0.5) is 5.69 Å². The Labute approximate surface area is 140 Å². The predicted molar refractivity (Wildman–Crippen MR) is 90.4 cm³/mol. The van der Waals surface area contributed by atoms with Crippen molar-refractivity contribution in [3.05, 3.63) is 72.8 Å². The molecule has 0 aliphatic heterocycles. The lowest BCUT2D eigenvalue weighted by atomic mass is 10.2. The third kappa shape index (κ3) is 4.12. The minimum absolute atomic E-state index is 0.0650. The standard InChI is InChI=1S/C16H15ClN2O3S/c1-2-16(20)18-12-13-8-10-15(11-9-13)23(21,22)19(17)14-6-4-3-5-7-14/h2-11H,1,12H2,(H,18,20). The molecule has 0 saturated heterocycles. The second-order valence-electron chi connectivity index (χ2n) is 4.62. The molecule has 0 spiro atoms. The minimum atomic E-state index is -3.85. The zero-order valence-corrected chi connectivity index (χ0v) is 13.7. The van der Waals surface area contributed by atoms with E-state index in [0.29, 0.717) is 9.51 Å². The Balaban J connectivity index is 2.17. The zero-order valence-electron chi connectivity index (χ0n) is 12.1. The summed E-state index contributed by atoms with van der Waals surface area (Å²) in [4.78, 5) is 11.2. The average molecular weight is 351 g/mol. The zero-order chi connectivity index (χ0) is 16.9. The Morgan fingerprint density at radius 1 is 1.13 bits per heavy atom. The van der Waals surface area contributed by atoms with Gasteiger partial charge in [0.25, 0.3) is 10.0 Å². The van der Waals surface area contributed by atoms with Gasteiger partial charge in [0.2, 0.25) is 5.91 Å². The first kappa shape index (κ1) is 17.1. The molecule has 0 aliphatic rings. The van der Waals surface area contributed by atoms with Crippen LogP contribution in [0.25, 0.3) is 0 Å². The second kappa shape index (κ2) is 7.30. The van der Waals surface area contributed by atoms with Crippen LogP contribution in [0.5, 0.6) is 0 Å². The van der Waals surface area contributed by atoms with Crippen LogP contribution in [-0.4, -0.2) is 14.3 Å². The van der Waals surface area contributed by atoms with Crippen LogP contribution in [0.15, 0.2) is 72.1 Å². The van der Waals surface area contributed by atoms with Gasteiger partial charge in [-0.1, -0.05) is 36.9 Å². The molecule has 0 fully saturated rings. The number of benzene rings is 2. The number of hydrogen-bond donors (Lipinski definition) is 1. The van der Waals surface area contributed by atoms with E-state index in [1.165, 1.54) is 18.2 Å². The van der Waals surface area contributed by atoms with Crippen LogP contribution in [0, 0.1) is 0 Å². The Morgan fingerprint density at radius 3 is 2.30 bits per heavy atom. The van der Waals surface area contributed by atoms with Gasteiger partial charge in [-0.05, 0) is 35.9 Å². The second-order valence-corrected chi connectivity index (χ2v) is 6.95. The molecule has 0 bridgehead atoms. The lowest BCUT2D eigenvalue weighted by Crippen LogP contribution is -2.22. The maximum Gasteiger partial charge on any atom is 0.278 e. The molecule has 0 saturated carbocycles. The van der Waals surface area contributed by atoms with Crippen LogP contribution >= 0.6 is 11.8 Å². The van der Waals surface area contributed by atoms with Gasteiger partial charge in [-0.3, -0.25) is 4.79 Å². The van der Waals surface area contributed by atoms with Gasteiger partial charge in [0, 0.05) is 18.3 Å². The molecule has 120 valence electrons. The molecule has 0 heterocycles. The van der Waals surface area contributed by atoms with Crippen molar-refractivity contribution in [2.24, 2.45) is 0 Å². The molecule has 1 N–H and O–H groups in total. The summed E-state index contributed by atoms with van der Waals surface area (Å²) in [5.41, 5.74) is 1.12. The Hall–Kier alpha value is -2.31. The lowest BCUT2D eigenvalue weighted by Gasteiger charge is -2.16. The van der Waals surface area contributed by atoms with Crippen molar-refractivity contribution in [3.63, 3.8) is 0 Å². The lowest BCUT2D eigenvalue weighted by molar-refractivity contribution is -0.116. The van der Waals surface area contributed by atoms with Gasteiger partial charge in [0.1, 0.15) is 0 Å². The molecule has 0 radical (unpaired) electrons. The van der Waals surface area contributed by atoms with E-state index in [0.717, 1.165) is 5.56 Å². The first-order chi connectivity index (χ1) is 10.9. The van der Waals surface area contributed by atoms with E-state index < -0.39 is 10.0 Å². The molecule has 0 aliphatic carbocycles. The largest absolute Gasteiger partial charge is 0.348 e. The maximum absolute atomic E-state index is 12.5. The number of anilines is 1. The predicted octanol–water partition coefficient (Wildman–Crippen LogP) is 2.84. The van der Waals surface area contributed by atoms with E-state index in [-0.39, 0.29) is 17.3 Å². The van der Waals surface area contributed by atoms with Crippen LogP contribution in [-0.2, 0) is 21.4 Å². The van der Waals surface area contributed by atoms with Crippen LogP contribution in [0.1, 0.15) is 5.56 Å². The van der Waals surface area contributed by atoms with Crippen molar-refractivity contribution in [1.82, 2.24) is 5.32 Å². The number of sulfonamides is 1. The smallest absolute Gasteiger partial charge is 0.278 e. The van der Waals surface area contributed by atoms with E-state index in [4.69, 9.17) is 11.8 Å². The summed E-state index contributed by atoms with van der Waals surface area (Å²) in [6.45, 7) is 3.64. The minimum Gasteiger partial charge on any atom is -0.348 e. The number of amides is 1. The molecule has 2 rings (SSSR count). The highest BCUT2D eigenvalue weighted by Gasteiger charge is 2.23. The third-order valence-corrected chi connectivity index (χ3v) is 5.28. The van der Waals surface area contributed by atoms with E-state index in [2.05, 4.69) is 11.9 Å². The van der Waals surface area contributed by atoms with Crippen LogP contribution < -0.4 is 9.14 Å². The number of rotatable bonds is 6. The summed E-state index contributed by atoms with van der Waals surface area (Å²) in [6.07, 6.45) is 1.17. The number of para-hydroxylation sites is 1. The maximum atomic E-state index is 12.5. The fraction of sp³-hybridized carbons (Fsp3) is 0.0625. The molecule has 0 unspecified atom stereocenters. The summed E-state index contributed by atoms with van der Waals surface area (Å²) in [5, 5.41) is 2.61. The topological polar surface area (TPSA) is 66.5 Å². The summed E-state index contributed by atoms with van der Waals surface area (Å²) in [6, 6.07) is 14.5. The number of nitrogens with zero attached hydrogens (tertiary/aromatic N) is 1. The first-order valence-electron chi connectivity index (χ1n) is 6.70. The fourth-order valence-corrected chi connectivity index (χ4v) is 3.23. The van der Waals surface area contributed by atoms with E-state index in [9.17, 15) is 13.2 Å². The van der Waals surface area contributed by atoms with Crippen molar-refractivity contribution in [3.8, 4) is 0 Å². The molecule has 7 heteroatoms. The fourth-order valence-electron chi connectivity index (χ4n) is 1.82. The number of carbonyl (C=O) groups is 1. The molecule has 2 aromatic carbocycles. The number of carbonyl (C=O) groups excluding carboxylic acids is 1. The average Bonchev–Trinajstić information content (AvgIpc) is 2.60. The number of nitrogens with one attached hydrogen (secondary N) is 1. The van der Waals surface area contributed by atoms with Gasteiger partial charge in [0.05, 0.1) is 10.6 Å². The van der Waals surface area contributed by atoms with E-state index >= 15 is 0 Å². The molecule has 2 aromatic rings. The summed E-state index contributed by atoms with van der Waals surface area (Å²) in [5.74, 6) is -0.294. The Bertz CT molecular complexity index is 790. The molecule has 0 atom stereocenters. The van der Waals surface area contributed by atoms with Crippen molar-refractivity contribution in [1.29, 1.82) is 0 Å². The summed E-state index contributed by atoms with van der Waals surface area (Å²) < 4.78 is 25.6. The molecule has 5 nitrogen and oxygen atoms in total.